The predicted octanol–water partition coefficient (Wildman–Crippen LogP) is 7.52. The molecule has 0 unspecified atom stereocenters. The molecule has 2 heterocycles. The van der Waals surface area contributed by atoms with Gasteiger partial charge < -0.3 is 9.12 Å². The smallest absolute Gasteiger partial charge is 0.289 e. The van der Waals surface area contributed by atoms with Crippen molar-refractivity contribution < 1.29 is 22.5 Å². The summed E-state index contributed by atoms with van der Waals surface area (Å²) >= 11 is 7.64. The normalized spacial score (nSPS) is 11.7. The van der Waals surface area contributed by atoms with Gasteiger partial charge in [0.15, 0.2) is 0 Å². The fourth-order valence-corrected chi connectivity index (χ4v) is 6.62. The highest BCUT2D eigenvalue weighted by Crippen LogP contribution is 2.36. The molecule has 0 aliphatic rings. The van der Waals surface area contributed by atoms with Gasteiger partial charge >= 0.3 is 0 Å². The second-order valence-corrected chi connectivity index (χ2v) is 12.7. The summed E-state index contributed by atoms with van der Waals surface area (Å²) < 4.78 is 36.2. The third kappa shape index (κ3) is 6.23. The van der Waals surface area contributed by atoms with Crippen LogP contribution in [0, 0.1) is 17.0 Å². The number of aryl methyl sites for hydroxylation is 3. The molecule has 0 saturated carbocycles. The highest BCUT2D eigenvalue weighted by atomic mass is 35.5. The molecule has 0 aliphatic carbocycles. The summed E-state index contributed by atoms with van der Waals surface area (Å²) in [5.41, 5.74) is 6.31. The average molecular weight is 632 g/mol. The van der Waals surface area contributed by atoms with E-state index in [-0.39, 0.29) is 15.6 Å². The Bertz CT molecular complexity index is 2120. The van der Waals surface area contributed by atoms with Gasteiger partial charge in [0.25, 0.3) is 10.7 Å². The van der Waals surface area contributed by atoms with E-state index in [4.69, 9.17) is 11.6 Å². The van der Waals surface area contributed by atoms with Crippen molar-refractivity contribution in [2.75, 3.05) is 0 Å². The Morgan fingerprint density at radius 3 is 2.26 bits per heavy atom. The van der Waals surface area contributed by atoms with Gasteiger partial charge in [-0.3, -0.25) is 10.1 Å². The van der Waals surface area contributed by atoms with Crippen molar-refractivity contribution in [1.29, 1.82) is 0 Å². The first-order valence-electron chi connectivity index (χ1n) is 13.1. The van der Waals surface area contributed by atoms with E-state index in [9.17, 15) is 23.1 Å². The summed E-state index contributed by atoms with van der Waals surface area (Å²) in [5.74, 6) is 0. The molecule has 0 saturated heterocycles. The van der Waals surface area contributed by atoms with E-state index in [2.05, 4.69) is 54.1 Å². The largest absolute Gasteiger partial charge is 0.744 e. The fraction of sp³-hybridized carbons (Fsp3) is 0.0938. The van der Waals surface area contributed by atoms with Crippen molar-refractivity contribution in [3.05, 3.63) is 122 Å². The third-order valence-electron chi connectivity index (χ3n) is 7.03. The number of nitro groups is 1. The highest BCUT2D eigenvalue weighted by Gasteiger charge is 2.22. The molecule has 0 atom stereocenters. The molecule has 0 amide bonds. The lowest BCUT2D eigenvalue weighted by Gasteiger charge is -2.06. The minimum atomic E-state index is -4.27. The zero-order chi connectivity index (χ0) is 30.9. The lowest BCUT2D eigenvalue weighted by molar-refractivity contribution is -0.642. The zero-order valence-corrected chi connectivity index (χ0v) is 25.8. The van der Waals surface area contributed by atoms with E-state index >= 15 is 0 Å². The summed E-state index contributed by atoms with van der Waals surface area (Å²) in [4.78, 5) is 10.6. The van der Waals surface area contributed by atoms with Crippen LogP contribution in [-0.2, 0) is 24.2 Å². The maximum Gasteiger partial charge on any atom is 0.289 e. The SMILES string of the molecule is Cc1ccc(S(=O)(=O)[O-])cc1.Cn1c(-c2ccccc2)c(/C=C/c2sc3cc([N+](=O)[O-])c(Cl)cc3[n+]2C)c2ccccc21. The summed E-state index contributed by atoms with van der Waals surface area (Å²) in [7, 11) is -0.237. The molecule has 4 aromatic carbocycles. The van der Waals surface area contributed by atoms with E-state index in [0.29, 0.717) is 0 Å². The van der Waals surface area contributed by atoms with Crippen LogP contribution in [0.5, 0.6) is 0 Å². The van der Waals surface area contributed by atoms with E-state index in [0.717, 1.165) is 43.1 Å². The lowest BCUT2D eigenvalue weighted by Crippen LogP contribution is -2.28. The number of aromatic nitrogens is 2. The molecule has 43 heavy (non-hydrogen) atoms. The third-order valence-corrected chi connectivity index (χ3v) is 9.35. The van der Waals surface area contributed by atoms with Crippen molar-refractivity contribution in [2.24, 2.45) is 14.1 Å². The zero-order valence-electron chi connectivity index (χ0n) is 23.4. The Balaban J connectivity index is 0.000000283. The van der Waals surface area contributed by atoms with Crippen LogP contribution < -0.4 is 4.57 Å². The number of rotatable bonds is 5. The van der Waals surface area contributed by atoms with E-state index < -0.39 is 15.0 Å². The summed E-state index contributed by atoms with van der Waals surface area (Å²) in [5, 5.41) is 13.6. The Kier molecular flexibility index (Phi) is 8.48. The van der Waals surface area contributed by atoms with Crippen LogP contribution in [0.25, 0.3) is 44.5 Å². The van der Waals surface area contributed by atoms with Crippen molar-refractivity contribution >= 4 is 72.0 Å². The number of thiazole rings is 1. The number of fused-ring (bicyclic) bond motifs is 2. The van der Waals surface area contributed by atoms with Crippen LogP contribution in [0.3, 0.4) is 0 Å². The van der Waals surface area contributed by atoms with Gasteiger partial charge in [-0.05, 0) is 36.8 Å². The number of benzene rings is 4. The maximum atomic E-state index is 11.3. The minimum Gasteiger partial charge on any atom is -0.744 e. The minimum absolute atomic E-state index is 0.0723. The van der Waals surface area contributed by atoms with Crippen LogP contribution in [-0.4, -0.2) is 22.5 Å². The van der Waals surface area contributed by atoms with Gasteiger partial charge in [-0.15, -0.1) is 0 Å². The molecule has 0 aliphatic heterocycles. The van der Waals surface area contributed by atoms with Gasteiger partial charge in [0.05, 0.1) is 15.5 Å². The highest BCUT2D eigenvalue weighted by molar-refractivity contribution is 7.85. The van der Waals surface area contributed by atoms with Gasteiger partial charge in [-0.1, -0.05) is 89.2 Å². The van der Waals surface area contributed by atoms with Gasteiger partial charge in [0.2, 0.25) is 5.52 Å². The molecule has 2 aromatic heterocycles. The second-order valence-electron chi connectivity index (χ2n) is 9.83. The number of nitrogens with zero attached hydrogens (tertiary/aromatic N) is 3. The molecular formula is C32H26ClN3O5S2. The number of para-hydroxylation sites is 1. The van der Waals surface area contributed by atoms with Gasteiger partial charge in [0.1, 0.15) is 26.9 Å². The van der Waals surface area contributed by atoms with Crippen LogP contribution in [0.15, 0.2) is 95.9 Å². The van der Waals surface area contributed by atoms with Crippen LogP contribution in [0.1, 0.15) is 16.1 Å². The molecule has 0 radical (unpaired) electrons. The number of halogens is 1. The maximum absolute atomic E-state index is 11.3. The molecule has 6 aromatic rings. The molecule has 0 bridgehead atoms. The summed E-state index contributed by atoms with van der Waals surface area (Å²) in [6.45, 7) is 1.82. The molecule has 0 spiro atoms. The summed E-state index contributed by atoms with van der Waals surface area (Å²) in [6.07, 6.45) is 4.20. The number of nitro benzene ring substituents is 1. The first kappa shape index (κ1) is 30.1. The van der Waals surface area contributed by atoms with Crippen LogP contribution in [0.2, 0.25) is 5.02 Å². The number of hydrogen-bond acceptors (Lipinski definition) is 6. The average Bonchev–Trinajstić information content (AvgIpc) is 3.44. The molecule has 218 valence electrons. The van der Waals surface area contributed by atoms with Crippen LogP contribution in [0.4, 0.5) is 5.69 Å². The Labute approximate surface area is 257 Å². The lowest BCUT2D eigenvalue weighted by atomic mass is 10.0. The molecule has 0 fully saturated rings. The van der Waals surface area contributed by atoms with Crippen molar-refractivity contribution in [1.82, 2.24) is 4.57 Å². The molecule has 0 N–H and O–H groups in total. The Hall–Kier alpha value is -4.35. The summed E-state index contributed by atoms with van der Waals surface area (Å²) in [6, 6.07) is 27.7. The quantitative estimate of drug-likeness (QED) is 0.0846. The van der Waals surface area contributed by atoms with Gasteiger partial charge in [-0.25, -0.2) is 8.42 Å². The van der Waals surface area contributed by atoms with Gasteiger partial charge in [0, 0.05) is 41.7 Å². The van der Waals surface area contributed by atoms with Crippen molar-refractivity contribution in [3.63, 3.8) is 0 Å². The van der Waals surface area contributed by atoms with Crippen molar-refractivity contribution in [3.8, 4) is 11.3 Å². The first-order chi connectivity index (χ1) is 20.5. The monoisotopic (exact) mass is 631 g/mol. The van der Waals surface area contributed by atoms with Crippen molar-refractivity contribution in [2.45, 2.75) is 11.8 Å². The molecule has 8 nitrogen and oxygen atoms in total. The van der Waals surface area contributed by atoms with E-state index in [1.807, 2.05) is 42.8 Å². The fourth-order valence-electron chi connectivity index (χ4n) is 4.86. The van der Waals surface area contributed by atoms with Gasteiger partial charge in [-0.2, -0.15) is 4.57 Å². The van der Waals surface area contributed by atoms with Crippen LogP contribution >= 0.6 is 22.9 Å². The van der Waals surface area contributed by atoms with E-state index in [1.54, 1.807) is 24.3 Å². The molecular weight excluding hydrogens is 606 g/mol. The predicted molar refractivity (Wildman–Crippen MR) is 171 cm³/mol. The number of hydrogen-bond donors (Lipinski definition) is 0. The second kappa shape index (κ2) is 12.1. The Morgan fingerprint density at radius 1 is 0.953 bits per heavy atom. The topological polar surface area (TPSA) is 109 Å². The van der Waals surface area contributed by atoms with E-state index in [1.165, 1.54) is 28.9 Å². The standard InChI is InChI=1S/C25H19ClN3O2S.C7H8O3S/c1-27-22-14-19(26)21(29(30)31)15-23(22)32-24(27)13-12-18-17-10-6-7-11-20(17)28(2)25(18)16-8-4-3-5-9-16;1-6-2-4-7(5-3-6)11(8,9)10/h3-15H,1-2H3;2-5H,1H3,(H,8,9,10)/q+1;/p-1. The first-order valence-corrected chi connectivity index (χ1v) is 15.7. The molecule has 6 rings (SSSR count). The Morgan fingerprint density at radius 2 is 1.60 bits per heavy atom. The molecule has 11 heteroatoms.